The van der Waals surface area contributed by atoms with Gasteiger partial charge in [0.25, 0.3) is 11.8 Å². The van der Waals surface area contributed by atoms with E-state index < -0.39 is 6.10 Å². The molecule has 4 aromatic rings. The summed E-state index contributed by atoms with van der Waals surface area (Å²) in [6.07, 6.45) is -0.708. The molecule has 35 heavy (non-hydrogen) atoms. The highest BCUT2D eigenvalue weighted by atomic mass is 16.5. The number of nitrogens with one attached hydrogen (secondary N) is 2. The van der Waals surface area contributed by atoms with E-state index in [2.05, 4.69) is 31.4 Å². The standard InChI is InChI=1S/C30H30N2O3/c1-20(35-27-14-7-10-21-9-5-6-13-26(21)27)28(33)31-24-11-8-12-25(19-24)32-29(34)22-15-17-23(18-16-22)30(2,3)4/h5-20H,1-4H3,(H,31,33)(H,32,34)/t20-/m1/s1. The molecule has 2 N–H and O–H groups in total. The molecule has 5 heteroatoms. The minimum absolute atomic E-state index is 0.0238. The number of benzene rings is 4. The maximum atomic E-state index is 12.8. The summed E-state index contributed by atoms with van der Waals surface area (Å²) >= 11 is 0. The average Bonchev–Trinajstić information content (AvgIpc) is 2.84. The Hall–Kier alpha value is -4.12. The second kappa shape index (κ2) is 10.0. The molecule has 0 aromatic heterocycles. The minimum Gasteiger partial charge on any atom is -0.480 e. The molecule has 0 aliphatic heterocycles. The van der Waals surface area contributed by atoms with Crippen LogP contribution in [0, 0.1) is 0 Å². The van der Waals surface area contributed by atoms with Crippen LogP contribution in [-0.2, 0) is 10.2 Å². The lowest BCUT2D eigenvalue weighted by Gasteiger charge is -2.19. The first-order chi connectivity index (χ1) is 16.7. The fourth-order valence-corrected chi connectivity index (χ4v) is 3.79. The van der Waals surface area contributed by atoms with Gasteiger partial charge in [-0.05, 0) is 59.7 Å². The van der Waals surface area contributed by atoms with Crippen LogP contribution in [-0.4, -0.2) is 17.9 Å². The first-order valence-electron chi connectivity index (χ1n) is 11.7. The van der Waals surface area contributed by atoms with E-state index in [4.69, 9.17) is 4.74 Å². The summed E-state index contributed by atoms with van der Waals surface area (Å²) in [5, 5.41) is 7.77. The van der Waals surface area contributed by atoms with Crippen molar-refractivity contribution in [3.63, 3.8) is 0 Å². The molecule has 4 rings (SSSR count). The van der Waals surface area contributed by atoms with Crippen LogP contribution in [0.3, 0.4) is 0 Å². The summed E-state index contributed by atoms with van der Waals surface area (Å²) in [6, 6.07) is 28.3. The predicted octanol–water partition coefficient (Wildman–Crippen LogP) is 6.80. The zero-order chi connectivity index (χ0) is 25.0. The van der Waals surface area contributed by atoms with E-state index in [1.54, 1.807) is 31.2 Å². The molecule has 4 aromatic carbocycles. The monoisotopic (exact) mass is 466 g/mol. The SMILES string of the molecule is C[C@@H](Oc1cccc2ccccc12)C(=O)Nc1cccc(NC(=O)c2ccc(C(C)(C)C)cc2)c1. The normalized spacial score (nSPS) is 12.1. The molecule has 1 atom stereocenters. The molecule has 0 radical (unpaired) electrons. The number of amides is 2. The van der Waals surface area contributed by atoms with Crippen molar-refractivity contribution in [2.45, 2.75) is 39.2 Å². The predicted molar refractivity (Wildman–Crippen MR) is 142 cm³/mol. The third kappa shape index (κ3) is 5.87. The summed E-state index contributed by atoms with van der Waals surface area (Å²) in [6.45, 7) is 8.12. The Morgan fingerprint density at radius 2 is 1.40 bits per heavy atom. The molecule has 0 bridgehead atoms. The molecule has 0 unspecified atom stereocenters. The lowest BCUT2D eigenvalue weighted by atomic mass is 9.87. The van der Waals surface area contributed by atoms with E-state index in [0.717, 1.165) is 10.8 Å². The van der Waals surface area contributed by atoms with Gasteiger partial charge >= 0.3 is 0 Å². The van der Waals surface area contributed by atoms with Gasteiger partial charge in [0.1, 0.15) is 5.75 Å². The van der Waals surface area contributed by atoms with E-state index in [0.29, 0.717) is 22.7 Å². The topological polar surface area (TPSA) is 67.4 Å². The first-order valence-corrected chi connectivity index (χ1v) is 11.7. The Morgan fingerprint density at radius 3 is 2.11 bits per heavy atom. The lowest BCUT2D eigenvalue weighted by Crippen LogP contribution is -2.30. The van der Waals surface area contributed by atoms with Gasteiger partial charge in [0.2, 0.25) is 0 Å². The molecule has 2 amide bonds. The third-order valence-corrected chi connectivity index (χ3v) is 5.82. The van der Waals surface area contributed by atoms with Gasteiger partial charge in [-0.1, -0.05) is 75.4 Å². The number of carbonyl (C=O) groups is 2. The first kappa shape index (κ1) is 24.0. The van der Waals surface area contributed by atoms with Crippen molar-refractivity contribution in [2.75, 3.05) is 10.6 Å². The number of carbonyl (C=O) groups excluding carboxylic acids is 2. The smallest absolute Gasteiger partial charge is 0.265 e. The van der Waals surface area contributed by atoms with Crippen LogP contribution in [0.1, 0.15) is 43.6 Å². The highest BCUT2D eigenvalue weighted by molar-refractivity contribution is 6.04. The van der Waals surface area contributed by atoms with Gasteiger partial charge in [0.15, 0.2) is 6.10 Å². The van der Waals surface area contributed by atoms with Crippen LogP contribution in [0.2, 0.25) is 0 Å². The van der Waals surface area contributed by atoms with Crippen LogP contribution in [0.5, 0.6) is 5.75 Å². The summed E-state index contributed by atoms with van der Waals surface area (Å²) in [7, 11) is 0. The van der Waals surface area contributed by atoms with Crippen molar-refractivity contribution in [3.05, 3.63) is 102 Å². The summed E-state index contributed by atoms with van der Waals surface area (Å²) in [5.74, 6) is 0.171. The minimum atomic E-state index is -0.708. The molecular weight excluding hydrogens is 436 g/mol. The van der Waals surface area contributed by atoms with Crippen molar-refractivity contribution in [3.8, 4) is 5.75 Å². The molecular formula is C30H30N2O3. The Bertz CT molecular complexity index is 1350. The Kier molecular flexibility index (Phi) is 6.87. The number of anilines is 2. The largest absolute Gasteiger partial charge is 0.480 e. The van der Waals surface area contributed by atoms with Gasteiger partial charge in [-0.3, -0.25) is 9.59 Å². The number of ether oxygens (including phenoxy) is 1. The van der Waals surface area contributed by atoms with E-state index in [9.17, 15) is 9.59 Å². The third-order valence-electron chi connectivity index (χ3n) is 5.82. The van der Waals surface area contributed by atoms with Crippen molar-refractivity contribution >= 4 is 34.0 Å². The van der Waals surface area contributed by atoms with Gasteiger partial charge in [-0.15, -0.1) is 0 Å². The van der Waals surface area contributed by atoms with E-state index >= 15 is 0 Å². The summed E-state index contributed by atoms with van der Waals surface area (Å²) < 4.78 is 5.97. The molecule has 0 aliphatic carbocycles. The molecule has 0 saturated carbocycles. The van der Waals surface area contributed by atoms with Gasteiger partial charge in [0.05, 0.1) is 0 Å². The maximum Gasteiger partial charge on any atom is 0.265 e. The van der Waals surface area contributed by atoms with Crippen molar-refractivity contribution in [1.82, 2.24) is 0 Å². The molecule has 5 nitrogen and oxygen atoms in total. The van der Waals surface area contributed by atoms with Crippen LogP contribution in [0.4, 0.5) is 11.4 Å². The average molecular weight is 467 g/mol. The molecule has 0 fully saturated rings. The Labute approximate surface area is 206 Å². The lowest BCUT2D eigenvalue weighted by molar-refractivity contribution is -0.122. The zero-order valence-corrected chi connectivity index (χ0v) is 20.5. The quantitative estimate of drug-likeness (QED) is 0.328. The number of rotatable bonds is 6. The Balaban J connectivity index is 1.40. The summed E-state index contributed by atoms with van der Waals surface area (Å²) in [5.41, 5.74) is 2.93. The molecule has 0 aliphatic rings. The van der Waals surface area contributed by atoms with Gasteiger partial charge in [-0.2, -0.15) is 0 Å². The number of hydrogen-bond acceptors (Lipinski definition) is 3. The van der Waals surface area contributed by atoms with E-state index in [1.165, 1.54) is 5.56 Å². The Morgan fingerprint density at radius 1 is 0.771 bits per heavy atom. The highest BCUT2D eigenvalue weighted by Gasteiger charge is 2.17. The zero-order valence-electron chi connectivity index (χ0n) is 20.5. The highest BCUT2D eigenvalue weighted by Crippen LogP contribution is 2.27. The van der Waals surface area contributed by atoms with E-state index in [1.807, 2.05) is 66.7 Å². The molecule has 178 valence electrons. The summed E-state index contributed by atoms with van der Waals surface area (Å²) in [4.78, 5) is 25.5. The van der Waals surface area contributed by atoms with Crippen LogP contribution in [0.15, 0.2) is 91.0 Å². The van der Waals surface area contributed by atoms with Gasteiger partial charge in [-0.25, -0.2) is 0 Å². The maximum absolute atomic E-state index is 12.8. The van der Waals surface area contributed by atoms with Crippen LogP contribution in [0.25, 0.3) is 10.8 Å². The van der Waals surface area contributed by atoms with Crippen molar-refractivity contribution < 1.29 is 14.3 Å². The van der Waals surface area contributed by atoms with Crippen LogP contribution >= 0.6 is 0 Å². The number of fused-ring (bicyclic) bond motifs is 1. The van der Waals surface area contributed by atoms with Gasteiger partial charge < -0.3 is 15.4 Å². The second-order valence-electron chi connectivity index (χ2n) is 9.59. The fraction of sp³-hybridized carbons (Fsp3) is 0.200. The van der Waals surface area contributed by atoms with Crippen molar-refractivity contribution in [2.24, 2.45) is 0 Å². The second-order valence-corrected chi connectivity index (χ2v) is 9.59. The molecule has 0 spiro atoms. The van der Waals surface area contributed by atoms with E-state index in [-0.39, 0.29) is 17.2 Å². The number of hydrogen-bond donors (Lipinski definition) is 2. The molecule has 0 saturated heterocycles. The van der Waals surface area contributed by atoms with Gasteiger partial charge in [0, 0.05) is 22.3 Å². The van der Waals surface area contributed by atoms with Crippen molar-refractivity contribution in [1.29, 1.82) is 0 Å². The van der Waals surface area contributed by atoms with Crippen LogP contribution < -0.4 is 15.4 Å². The fourth-order valence-electron chi connectivity index (χ4n) is 3.79. The molecule has 0 heterocycles.